The van der Waals surface area contributed by atoms with Gasteiger partial charge in [-0.1, -0.05) is 35.9 Å². The summed E-state index contributed by atoms with van der Waals surface area (Å²) < 4.78 is 0. The average Bonchev–Trinajstić information content (AvgIpc) is 2.39. The van der Waals surface area contributed by atoms with Crippen molar-refractivity contribution in [1.82, 2.24) is 4.98 Å². The van der Waals surface area contributed by atoms with Gasteiger partial charge in [0.1, 0.15) is 11.6 Å². The maximum absolute atomic E-state index is 4.60. The third-order valence-electron chi connectivity index (χ3n) is 2.99. The Morgan fingerprint density at radius 1 is 1.16 bits per heavy atom. The van der Waals surface area contributed by atoms with E-state index in [9.17, 15) is 0 Å². The molecular weight excluding hydrogens is 234 g/mol. The van der Waals surface area contributed by atoms with E-state index in [1.165, 1.54) is 11.1 Å². The molecule has 0 fully saturated rings. The number of pyridine rings is 1. The number of hydrogen-bond acceptors (Lipinski definition) is 3. The van der Waals surface area contributed by atoms with Gasteiger partial charge in [-0.3, -0.25) is 0 Å². The first-order valence-electron chi connectivity index (χ1n) is 6.66. The minimum Gasteiger partial charge on any atom is -0.370 e. The van der Waals surface area contributed by atoms with Gasteiger partial charge in [0.2, 0.25) is 0 Å². The predicted octanol–water partition coefficient (Wildman–Crippen LogP) is 3.46. The Kier molecular flexibility index (Phi) is 4.39. The predicted molar refractivity (Wildman–Crippen MR) is 81.7 cm³/mol. The number of benzene rings is 1. The van der Waals surface area contributed by atoms with Gasteiger partial charge < -0.3 is 10.2 Å². The SMILES string of the molecule is CCNc1cccc(N(C)Cc2cccc(C)c2)n1. The van der Waals surface area contributed by atoms with Gasteiger partial charge in [-0.25, -0.2) is 4.98 Å². The molecule has 0 spiro atoms. The van der Waals surface area contributed by atoms with E-state index in [-0.39, 0.29) is 0 Å². The Morgan fingerprint density at radius 2 is 1.95 bits per heavy atom. The lowest BCUT2D eigenvalue weighted by Gasteiger charge is -2.19. The molecule has 0 aliphatic carbocycles. The minimum absolute atomic E-state index is 0.865. The molecule has 1 heterocycles. The van der Waals surface area contributed by atoms with Crippen LogP contribution in [0.3, 0.4) is 0 Å². The summed E-state index contributed by atoms with van der Waals surface area (Å²) in [6.45, 7) is 5.95. The van der Waals surface area contributed by atoms with Crippen LogP contribution in [0.4, 0.5) is 11.6 Å². The van der Waals surface area contributed by atoms with Crippen molar-refractivity contribution in [2.24, 2.45) is 0 Å². The third-order valence-corrected chi connectivity index (χ3v) is 2.99. The summed E-state index contributed by atoms with van der Waals surface area (Å²) in [4.78, 5) is 6.76. The summed E-state index contributed by atoms with van der Waals surface area (Å²) in [5, 5.41) is 3.24. The summed E-state index contributed by atoms with van der Waals surface area (Å²) >= 11 is 0. The Bertz CT molecular complexity index is 537. The Balaban J connectivity index is 2.11. The van der Waals surface area contributed by atoms with E-state index in [1.807, 2.05) is 18.2 Å². The quantitative estimate of drug-likeness (QED) is 0.887. The van der Waals surface area contributed by atoms with Crippen LogP contribution in [0.25, 0.3) is 0 Å². The summed E-state index contributed by atoms with van der Waals surface area (Å²) in [5.74, 6) is 1.91. The van der Waals surface area contributed by atoms with E-state index in [4.69, 9.17) is 0 Å². The second-order valence-electron chi connectivity index (χ2n) is 4.76. The van der Waals surface area contributed by atoms with E-state index >= 15 is 0 Å². The van der Waals surface area contributed by atoms with Crippen LogP contribution < -0.4 is 10.2 Å². The van der Waals surface area contributed by atoms with Crippen LogP contribution in [-0.2, 0) is 6.54 Å². The van der Waals surface area contributed by atoms with Crippen LogP contribution in [0.2, 0.25) is 0 Å². The molecule has 0 saturated heterocycles. The highest BCUT2D eigenvalue weighted by Crippen LogP contribution is 2.16. The summed E-state index contributed by atoms with van der Waals surface area (Å²) in [5.41, 5.74) is 2.60. The molecule has 100 valence electrons. The first-order chi connectivity index (χ1) is 9.19. The molecule has 1 aromatic carbocycles. The van der Waals surface area contributed by atoms with Gasteiger partial charge in [-0.15, -0.1) is 0 Å². The van der Waals surface area contributed by atoms with Gasteiger partial charge in [-0.05, 0) is 31.5 Å². The first kappa shape index (κ1) is 13.4. The highest BCUT2D eigenvalue weighted by molar-refractivity contribution is 5.47. The van der Waals surface area contributed by atoms with Crippen LogP contribution in [-0.4, -0.2) is 18.6 Å². The molecule has 1 N–H and O–H groups in total. The standard InChI is InChI=1S/C16H21N3/c1-4-17-15-9-6-10-16(18-15)19(3)12-14-8-5-7-13(2)11-14/h5-11H,4,12H2,1-3H3,(H,17,18). The van der Waals surface area contributed by atoms with Crippen LogP contribution in [0.15, 0.2) is 42.5 Å². The third kappa shape index (κ3) is 3.71. The lowest BCUT2D eigenvalue weighted by atomic mass is 10.1. The largest absolute Gasteiger partial charge is 0.370 e. The average molecular weight is 255 g/mol. The Labute approximate surface area is 115 Å². The van der Waals surface area contributed by atoms with E-state index in [2.05, 4.69) is 60.4 Å². The molecule has 2 rings (SSSR count). The fourth-order valence-electron chi connectivity index (χ4n) is 2.08. The van der Waals surface area contributed by atoms with E-state index in [1.54, 1.807) is 0 Å². The molecule has 1 aromatic heterocycles. The summed E-state index contributed by atoms with van der Waals surface area (Å²) in [7, 11) is 2.07. The van der Waals surface area contributed by atoms with Crippen molar-refractivity contribution in [2.45, 2.75) is 20.4 Å². The maximum Gasteiger partial charge on any atom is 0.130 e. The normalized spacial score (nSPS) is 10.3. The molecular formula is C16H21N3. The van der Waals surface area contributed by atoms with E-state index in [0.717, 1.165) is 24.7 Å². The van der Waals surface area contributed by atoms with Gasteiger partial charge in [0.05, 0.1) is 0 Å². The van der Waals surface area contributed by atoms with Crippen molar-refractivity contribution in [1.29, 1.82) is 0 Å². The van der Waals surface area contributed by atoms with E-state index in [0.29, 0.717) is 0 Å². The Hall–Kier alpha value is -2.03. The molecule has 3 nitrogen and oxygen atoms in total. The smallest absolute Gasteiger partial charge is 0.130 e. The highest BCUT2D eigenvalue weighted by Gasteiger charge is 2.04. The molecule has 19 heavy (non-hydrogen) atoms. The van der Waals surface area contributed by atoms with Crippen LogP contribution in [0, 0.1) is 6.92 Å². The molecule has 0 bridgehead atoms. The molecule has 0 radical (unpaired) electrons. The van der Waals surface area contributed by atoms with Gasteiger partial charge in [0.15, 0.2) is 0 Å². The first-order valence-corrected chi connectivity index (χ1v) is 6.66. The number of anilines is 2. The molecule has 0 saturated carbocycles. The number of rotatable bonds is 5. The number of aromatic nitrogens is 1. The molecule has 0 amide bonds. The monoisotopic (exact) mass is 255 g/mol. The minimum atomic E-state index is 0.865. The lowest BCUT2D eigenvalue weighted by Crippen LogP contribution is -2.18. The molecule has 0 aliphatic heterocycles. The second-order valence-corrected chi connectivity index (χ2v) is 4.76. The zero-order valence-electron chi connectivity index (χ0n) is 11.9. The van der Waals surface area contributed by atoms with Crippen molar-refractivity contribution >= 4 is 11.6 Å². The van der Waals surface area contributed by atoms with Gasteiger partial charge in [0.25, 0.3) is 0 Å². The molecule has 3 heteroatoms. The summed E-state index contributed by atoms with van der Waals surface area (Å²) in [6.07, 6.45) is 0. The zero-order chi connectivity index (χ0) is 13.7. The lowest BCUT2D eigenvalue weighted by molar-refractivity contribution is 0.896. The van der Waals surface area contributed by atoms with E-state index < -0.39 is 0 Å². The Morgan fingerprint density at radius 3 is 2.68 bits per heavy atom. The molecule has 0 aliphatic rings. The van der Waals surface area contributed by atoms with Gasteiger partial charge in [-0.2, -0.15) is 0 Å². The topological polar surface area (TPSA) is 28.2 Å². The molecule has 0 unspecified atom stereocenters. The van der Waals surface area contributed by atoms with Crippen molar-refractivity contribution in [3.8, 4) is 0 Å². The van der Waals surface area contributed by atoms with Gasteiger partial charge in [0, 0.05) is 20.1 Å². The van der Waals surface area contributed by atoms with Crippen LogP contribution in [0.1, 0.15) is 18.1 Å². The molecule has 0 atom stereocenters. The van der Waals surface area contributed by atoms with Gasteiger partial charge >= 0.3 is 0 Å². The number of aryl methyl sites for hydroxylation is 1. The van der Waals surface area contributed by atoms with Crippen molar-refractivity contribution < 1.29 is 0 Å². The number of nitrogens with one attached hydrogen (secondary N) is 1. The summed E-state index contributed by atoms with van der Waals surface area (Å²) in [6, 6.07) is 14.6. The molecule has 2 aromatic rings. The van der Waals surface area contributed by atoms with Crippen LogP contribution in [0.5, 0.6) is 0 Å². The van der Waals surface area contributed by atoms with Crippen molar-refractivity contribution in [3.63, 3.8) is 0 Å². The second kappa shape index (κ2) is 6.23. The van der Waals surface area contributed by atoms with Crippen LogP contribution >= 0.6 is 0 Å². The van der Waals surface area contributed by atoms with Crippen molar-refractivity contribution in [3.05, 3.63) is 53.6 Å². The van der Waals surface area contributed by atoms with Crippen molar-refractivity contribution in [2.75, 3.05) is 23.8 Å². The number of nitrogens with zero attached hydrogens (tertiary/aromatic N) is 2. The number of hydrogen-bond donors (Lipinski definition) is 1. The highest BCUT2D eigenvalue weighted by atomic mass is 15.2. The maximum atomic E-state index is 4.60. The fourth-order valence-corrected chi connectivity index (χ4v) is 2.08. The zero-order valence-corrected chi connectivity index (χ0v) is 11.9. The fraction of sp³-hybridized carbons (Fsp3) is 0.312.